The number of aromatic amines is 1. The van der Waals surface area contributed by atoms with Gasteiger partial charge >= 0.3 is 6.18 Å². The topological polar surface area (TPSA) is 91.4 Å². The van der Waals surface area contributed by atoms with Gasteiger partial charge in [-0.1, -0.05) is 12.1 Å². The van der Waals surface area contributed by atoms with E-state index in [1.807, 2.05) is 18.2 Å². The Balaban J connectivity index is 1.56. The zero-order valence-corrected chi connectivity index (χ0v) is 16.9. The fraction of sp³-hybridized carbons (Fsp3) is 0.273. The summed E-state index contributed by atoms with van der Waals surface area (Å²) >= 11 is 0. The van der Waals surface area contributed by atoms with Gasteiger partial charge in [-0.25, -0.2) is 9.97 Å². The van der Waals surface area contributed by atoms with Crippen LogP contribution in [-0.2, 0) is 6.18 Å². The third-order valence-corrected chi connectivity index (χ3v) is 5.58. The molecule has 0 bridgehead atoms. The van der Waals surface area contributed by atoms with Crippen LogP contribution < -0.4 is 10.6 Å². The molecule has 4 heterocycles. The zero-order chi connectivity index (χ0) is 22.1. The maximum atomic E-state index is 13.8. The molecule has 164 valence electrons. The van der Waals surface area contributed by atoms with Gasteiger partial charge in [0.15, 0.2) is 0 Å². The van der Waals surface area contributed by atoms with E-state index >= 15 is 0 Å². The molecule has 4 aromatic rings. The molecule has 1 fully saturated rings. The number of aromatic nitrogens is 5. The number of piperidine rings is 1. The van der Waals surface area contributed by atoms with Crippen LogP contribution in [0, 0.1) is 0 Å². The minimum absolute atomic E-state index is 0.0767. The van der Waals surface area contributed by atoms with Crippen molar-refractivity contribution in [2.24, 2.45) is 0 Å². The minimum atomic E-state index is -4.58. The second-order valence-corrected chi connectivity index (χ2v) is 7.74. The highest BCUT2D eigenvalue weighted by Crippen LogP contribution is 2.39. The molecule has 0 unspecified atom stereocenters. The van der Waals surface area contributed by atoms with E-state index in [1.54, 1.807) is 24.7 Å². The first-order chi connectivity index (χ1) is 15.5. The Morgan fingerprint density at radius 3 is 2.72 bits per heavy atom. The first-order valence-electron chi connectivity index (χ1n) is 10.3. The van der Waals surface area contributed by atoms with Gasteiger partial charge in [-0.15, -0.1) is 0 Å². The van der Waals surface area contributed by atoms with Gasteiger partial charge in [-0.3, -0.25) is 0 Å². The van der Waals surface area contributed by atoms with E-state index in [9.17, 15) is 13.2 Å². The summed E-state index contributed by atoms with van der Waals surface area (Å²) in [6, 6.07) is 7.40. The summed E-state index contributed by atoms with van der Waals surface area (Å²) in [6.45, 7) is 1.66. The normalized spacial score (nSPS) is 16.9. The van der Waals surface area contributed by atoms with Crippen LogP contribution in [0.2, 0.25) is 0 Å². The summed E-state index contributed by atoms with van der Waals surface area (Å²) in [5, 5.41) is 14.7. The Hall–Kier alpha value is -3.53. The molecule has 0 radical (unpaired) electrons. The minimum Gasteiger partial charge on any atom is -0.360 e. The molecule has 0 amide bonds. The third-order valence-electron chi connectivity index (χ3n) is 5.58. The Labute approximate surface area is 181 Å². The second-order valence-electron chi connectivity index (χ2n) is 7.74. The number of nitrogens with one attached hydrogen (secondary N) is 3. The van der Waals surface area contributed by atoms with Crippen LogP contribution in [-0.4, -0.2) is 44.3 Å². The van der Waals surface area contributed by atoms with Crippen molar-refractivity contribution in [1.82, 2.24) is 30.5 Å². The molecule has 32 heavy (non-hydrogen) atoms. The number of alkyl halides is 3. The number of halogens is 3. The largest absolute Gasteiger partial charge is 0.419 e. The molecular formula is C22H20F3N7. The summed E-state index contributed by atoms with van der Waals surface area (Å²) in [4.78, 5) is 11.3. The first-order valence-corrected chi connectivity index (χ1v) is 10.3. The Morgan fingerprint density at radius 1 is 1.06 bits per heavy atom. The summed E-state index contributed by atoms with van der Waals surface area (Å²) in [5.41, 5.74) is 1.80. The Morgan fingerprint density at radius 2 is 1.97 bits per heavy atom. The van der Waals surface area contributed by atoms with Crippen molar-refractivity contribution in [3.05, 3.63) is 54.6 Å². The van der Waals surface area contributed by atoms with Crippen molar-refractivity contribution < 1.29 is 13.2 Å². The van der Waals surface area contributed by atoms with Crippen LogP contribution in [0.5, 0.6) is 0 Å². The van der Waals surface area contributed by atoms with Gasteiger partial charge in [-0.2, -0.15) is 23.4 Å². The van der Waals surface area contributed by atoms with Gasteiger partial charge in [0.1, 0.15) is 5.56 Å². The molecule has 5 rings (SSSR count). The summed E-state index contributed by atoms with van der Waals surface area (Å²) in [5.74, 6) is 0.190. The van der Waals surface area contributed by atoms with Gasteiger partial charge < -0.3 is 15.6 Å². The molecule has 0 spiro atoms. The third kappa shape index (κ3) is 4.01. The molecule has 1 saturated heterocycles. The molecule has 1 aromatic carbocycles. The number of nitrogens with zero attached hydrogens (tertiary/aromatic N) is 4. The molecule has 1 aliphatic heterocycles. The molecule has 10 heteroatoms. The summed E-state index contributed by atoms with van der Waals surface area (Å²) in [7, 11) is 0. The van der Waals surface area contributed by atoms with Crippen molar-refractivity contribution in [1.29, 1.82) is 0 Å². The van der Waals surface area contributed by atoms with Crippen LogP contribution in [0.25, 0.3) is 33.3 Å². The Kier molecular flexibility index (Phi) is 5.22. The number of H-pyrrole nitrogens is 1. The van der Waals surface area contributed by atoms with Crippen LogP contribution in [0.3, 0.4) is 0 Å². The van der Waals surface area contributed by atoms with Gasteiger partial charge in [-0.05, 0) is 37.1 Å². The lowest BCUT2D eigenvalue weighted by molar-refractivity contribution is -0.137. The quantitative estimate of drug-likeness (QED) is 0.440. The lowest BCUT2D eigenvalue weighted by Crippen LogP contribution is -2.38. The molecule has 3 N–H and O–H groups in total. The lowest BCUT2D eigenvalue weighted by Gasteiger charge is -2.24. The molecule has 1 aliphatic rings. The molecule has 0 aliphatic carbocycles. The molecule has 3 aromatic heterocycles. The number of anilines is 1. The molecule has 7 nitrogen and oxygen atoms in total. The highest BCUT2D eigenvalue weighted by molar-refractivity contribution is 5.97. The van der Waals surface area contributed by atoms with Crippen LogP contribution in [0.1, 0.15) is 18.4 Å². The molecular weight excluding hydrogens is 419 g/mol. The summed E-state index contributed by atoms with van der Waals surface area (Å²) in [6.07, 6.45) is 2.96. The van der Waals surface area contributed by atoms with Crippen molar-refractivity contribution in [3.63, 3.8) is 0 Å². The number of hydrogen-bond acceptors (Lipinski definition) is 6. The maximum Gasteiger partial charge on any atom is 0.419 e. The van der Waals surface area contributed by atoms with E-state index in [2.05, 4.69) is 35.8 Å². The van der Waals surface area contributed by atoms with E-state index in [-0.39, 0.29) is 17.7 Å². The monoisotopic (exact) mass is 439 g/mol. The van der Waals surface area contributed by atoms with Crippen molar-refractivity contribution in [2.75, 3.05) is 18.4 Å². The highest BCUT2D eigenvalue weighted by Gasteiger charge is 2.36. The SMILES string of the molecule is FC(F)(F)c1cnc(N[C@H]2CCCNC2)nc1-c1c[nH]c2cc(-c3ccnnc3)ccc12. The van der Waals surface area contributed by atoms with E-state index in [0.717, 1.165) is 43.3 Å². The van der Waals surface area contributed by atoms with Gasteiger partial charge in [0, 0.05) is 47.0 Å². The lowest BCUT2D eigenvalue weighted by atomic mass is 10.0. The van der Waals surface area contributed by atoms with Crippen molar-refractivity contribution in [3.8, 4) is 22.4 Å². The fourth-order valence-electron chi connectivity index (χ4n) is 3.98. The van der Waals surface area contributed by atoms with E-state index in [0.29, 0.717) is 16.5 Å². The van der Waals surface area contributed by atoms with Gasteiger partial charge in [0.25, 0.3) is 0 Å². The van der Waals surface area contributed by atoms with E-state index in [4.69, 9.17) is 0 Å². The predicted molar refractivity (Wildman–Crippen MR) is 115 cm³/mol. The number of hydrogen-bond donors (Lipinski definition) is 3. The van der Waals surface area contributed by atoms with Gasteiger partial charge in [0.05, 0.1) is 18.1 Å². The number of fused-ring (bicyclic) bond motifs is 1. The molecule has 1 atom stereocenters. The van der Waals surface area contributed by atoms with Crippen molar-refractivity contribution in [2.45, 2.75) is 25.1 Å². The second kappa shape index (κ2) is 8.19. The standard InChI is InChI=1S/C22H20F3N7/c23-22(24,25)18-12-28-21(31-15-2-1-6-26-10-15)32-20(18)17-11-27-19-8-13(3-4-16(17)19)14-5-7-29-30-9-14/h3-5,7-9,11-12,15,26-27H,1-2,6,10H2,(H,28,31,32)/t15-/m0/s1. The highest BCUT2D eigenvalue weighted by atomic mass is 19.4. The maximum absolute atomic E-state index is 13.8. The van der Waals surface area contributed by atoms with Crippen LogP contribution in [0.15, 0.2) is 49.1 Å². The number of benzene rings is 1. The first kappa shape index (κ1) is 20.4. The van der Waals surface area contributed by atoms with E-state index < -0.39 is 11.7 Å². The zero-order valence-electron chi connectivity index (χ0n) is 16.9. The van der Waals surface area contributed by atoms with Crippen molar-refractivity contribution >= 4 is 16.9 Å². The Bertz CT molecular complexity index is 1230. The predicted octanol–water partition coefficient (Wildman–Crippen LogP) is 4.26. The van der Waals surface area contributed by atoms with Gasteiger partial charge in [0.2, 0.25) is 5.95 Å². The van der Waals surface area contributed by atoms with Crippen LogP contribution >= 0.6 is 0 Å². The average molecular weight is 439 g/mol. The number of rotatable bonds is 4. The average Bonchev–Trinajstić information content (AvgIpc) is 3.23. The fourth-order valence-corrected chi connectivity index (χ4v) is 3.98. The summed E-state index contributed by atoms with van der Waals surface area (Å²) < 4.78 is 41.3. The van der Waals surface area contributed by atoms with Crippen LogP contribution in [0.4, 0.5) is 19.1 Å². The smallest absolute Gasteiger partial charge is 0.360 e. The van der Waals surface area contributed by atoms with E-state index in [1.165, 1.54) is 0 Å². The molecule has 0 saturated carbocycles.